The van der Waals surface area contributed by atoms with Crippen LogP contribution in [-0.4, -0.2) is 42.1 Å². The summed E-state index contributed by atoms with van der Waals surface area (Å²) in [6.07, 6.45) is 1.89. The molecule has 0 spiro atoms. The minimum absolute atomic E-state index is 0.569. The molecule has 1 aromatic rings. The summed E-state index contributed by atoms with van der Waals surface area (Å²) in [7, 11) is 0. The monoisotopic (exact) mass is 248 g/mol. The molecular formula is C14H24N4. The minimum atomic E-state index is 0.569. The van der Waals surface area contributed by atoms with Gasteiger partial charge in [0.2, 0.25) is 0 Å². The summed E-state index contributed by atoms with van der Waals surface area (Å²) in [5.74, 6) is 1.08. The van der Waals surface area contributed by atoms with Gasteiger partial charge in [-0.05, 0) is 32.4 Å². The lowest BCUT2D eigenvalue weighted by Gasteiger charge is -2.38. The smallest absolute Gasteiger partial charge is 0.133 e. The van der Waals surface area contributed by atoms with Crippen LogP contribution in [0.15, 0.2) is 12.3 Å². The van der Waals surface area contributed by atoms with Gasteiger partial charge in [-0.25, -0.2) is 4.98 Å². The van der Waals surface area contributed by atoms with Crippen molar-refractivity contribution < 1.29 is 0 Å². The van der Waals surface area contributed by atoms with Gasteiger partial charge >= 0.3 is 0 Å². The van der Waals surface area contributed by atoms with E-state index in [0.29, 0.717) is 12.6 Å². The number of hydrogen-bond donors (Lipinski definition) is 1. The molecule has 1 aliphatic heterocycles. The van der Waals surface area contributed by atoms with Crippen molar-refractivity contribution >= 4 is 5.82 Å². The SMILES string of the molecule is Cc1ccnc(N2CCN(C(C)C)CC2)c1CN. The number of aryl methyl sites for hydroxylation is 1. The van der Waals surface area contributed by atoms with Gasteiger partial charge in [0, 0.05) is 50.5 Å². The molecule has 100 valence electrons. The van der Waals surface area contributed by atoms with Crippen LogP contribution in [0.1, 0.15) is 25.0 Å². The lowest BCUT2D eigenvalue weighted by atomic mass is 10.1. The number of piperazine rings is 1. The summed E-state index contributed by atoms with van der Waals surface area (Å²) in [5.41, 5.74) is 8.29. The van der Waals surface area contributed by atoms with E-state index >= 15 is 0 Å². The molecule has 18 heavy (non-hydrogen) atoms. The Kier molecular flexibility index (Phi) is 4.19. The highest BCUT2D eigenvalue weighted by Gasteiger charge is 2.21. The highest BCUT2D eigenvalue weighted by Crippen LogP contribution is 2.22. The molecule has 2 rings (SSSR count). The van der Waals surface area contributed by atoms with E-state index in [1.165, 1.54) is 11.1 Å². The van der Waals surface area contributed by atoms with E-state index in [1.807, 2.05) is 12.3 Å². The molecule has 0 atom stereocenters. The van der Waals surface area contributed by atoms with Crippen molar-refractivity contribution in [3.05, 3.63) is 23.4 Å². The third-order valence-electron chi connectivity index (χ3n) is 3.82. The first kappa shape index (κ1) is 13.3. The standard InChI is InChI=1S/C14H24N4/c1-11(2)17-6-8-18(9-7-17)14-13(10-15)12(3)4-5-16-14/h4-5,11H,6-10,15H2,1-3H3. The van der Waals surface area contributed by atoms with Gasteiger partial charge in [0.15, 0.2) is 0 Å². The average molecular weight is 248 g/mol. The molecule has 0 unspecified atom stereocenters. The fraction of sp³-hybridized carbons (Fsp3) is 0.643. The van der Waals surface area contributed by atoms with Gasteiger partial charge in [-0.2, -0.15) is 0 Å². The Bertz CT molecular complexity index is 395. The first-order valence-corrected chi connectivity index (χ1v) is 6.77. The first-order chi connectivity index (χ1) is 8.63. The van der Waals surface area contributed by atoms with Crippen molar-refractivity contribution in [3.63, 3.8) is 0 Å². The normalized spacial score (nSPS) is 17.5. The minimum Gasteiger partial charge on any atom is -0.354 e. The molecule has 1 fully saturated rings. The van der Waals surface area contributed by atoms with Crippen LogP contribution >= 0.6 is 0 Å². The maximum Gasteiger partial charge on any atom is 0.133 e. The highest BCUT2D eigenvalue weighted by atomic mass is 15.3. The maximum atomic E-state index is 5.86. The number of anilines is 1. The van der Waals surface area contributed by atoms with Crippen LogP contribution in [0.5, 0.6) is 0 Å². The van der Waals surface area contributed by atoms with Crippen molar-refractivity contribution in [2.45, 2.75) is 33.4 Å². The van der Waals surface area contributed by atoms with Crippen molar-refractivity contribution in [2.75, 3.05) is 31.1 Å². The van der Waals surface area contributed by atoms with Gasteiger partial charge in [0.25, 0.3) is 0 Å². The van der Waals surface area contributed by atoms with E-state index < -0.39 is 0 Å². The van der Waals surface area contributed by atoms with Crippen LogP contribution < -0.4 is 10.6 Å². The summed E-state index contributed by atoms with van der Waals surface area (Å²) in [4.78, 5) is 9.41. The zero-order chi connectivity index (χ0) is 13.1. The number of rotatable bonds is 3. The molecule has 0 radical (unpaired) electrons. The number of aromatic nitrogens is 1. The molecule has 1 aromatic heterocycles. The van der Waals surface area contributed by atoms with Gasteiger partial charge < -0.3 is 10.6 Å². The van der Waals surface area contributed by atoms with Crippen molar-refractivity contribution in [2.24, 2.45) is 5.73 Å². The molecule has 0 aliphatic carbocycles. The Morgan fingerprint density at radius 1 is 1.28 bits per heavy atom. The Morgan fingerprint density at radius 3 is 2.50 bits per heavy atom. The first-order valence-electron chi connectivity index (χ1n) is 6.77. The summed E-state index contributed by atoms with van der Waals surface area (Å²) < 4.78 is 0. The number of hydrogen-bond acceptors (Lipinski definition) is 4. The van der Waals surface area contributed by atoms with E-state index in [9.17, 15) is 0 Å². The molecule has 0 saturated carbocycles. The summed E-state index contributed by atoms with van der Waals surface area (Å²) in [6.45, 7) is 11.5. The van der Waals surface area contributed by atoms with Crippen molar-refractivity contribution in [3.8, 4) is 0 Å². The predicted molar refractivity (Wildman–Crippen MR) is 75.8 cm³/mol. The number of nitrogens with two attached hydrogens (primary N) is 1. The molecule has 2 heterocycles. The van der Waals surface area contributed by atoms with Gasteiger partial charge in [0.1, 0.15) is 5.82 Å². The lowest BCUT2D eigenvalue weighted by Crippen LogP contribution is -2.49. The largest absolute Gasteiger partial charge is 0.354 e. The zero-order valence-electron chi connectivity index (χ0n) is 11.7. The molecule has 1 saturated heterocycles. The van der Waals surface area contributed by atoms with E-state index in [4.69, 9.17) is 5.73 Å². The maximum absolute atomic E-state index is 5.86. The average Bonchev–Trinajstić information content (AvgIpc) is 2.38. The second kappa shape index (κ2) is 5.67. The Labute approximate surface area is 110 Å². The van der Waals surface area contributed by atoms with E-state index in [-0.39, 0.29) is 0 Å². The highest BCUT2D eigenvalue weighted by molar-refractivity contribution is 5.50. The van der Waals surface area contributed by atoms with Gasteiger partial charge in [-0.15, -0.1) is 0 Å². The van der Waals surface area contributed by atoms with Crippen LogP contribution in [0.2, 0.25) is 0 Å². The van der Waals surface area contributed by atoms with Crippen LogP contribution in [-0.2, 0) is 6.54 Å². The van der Waals surface area contributed by atoms with Crippen molar-refractivity contribution in [1.29, 1.82) is 0 Å². The molecule has 1 aliphatic rings. The number of nitrogens with zero attached hydrogens (tertiary/aromatic N) is 3. The van der Waals surface area contributed by atoms with Crippen LogP contribution in [0.3, 0.4) is 0 Å². The van der Waals surface area contributed by atoms with E-state index in [0.717, 1.165) is 32.0 Å². The molecule has 4 heteroatoms. The van der Waals surface area contributed by atoms with Crippen LogP contribution in [0.25, 0.3) is 0 Å². The quantitative estimate of drug-likeness (QED) is 0.878. The fourth-order valence-electron chi connectivity index (χ4n) is 2.55. The Balaban J connectivity index is 2.12. The number of pyridine rings is 1. The summed E-state index contributed by atoms with van der Waals surface area (Å²) in [6, 6.07) is 2.67. The third kappa shape index (κ3) is 2.65. The van der Waals surface area contributed by atoms with Crippen molar-refractivity contribution in [1.82, 2.24) is 9.88 Å². The Morgan fingerprint density at radius 2 is 1.94 bits per heavy atom. The second-order valence-electron chi connectivity index (χ2n) is 5.25. The topological polar surface area (TPSA) is 45.4 Å². The van der Waals surface area contributed by atoms with Gasteiger partial charge in [-0.1, -0.05) is 0 Å². The van der Waals surface area contributed by atoms with E-state index in [2.05, 4.69) is 35.6 Å². The molecule has 0 amide bonds. The van der Waals surface area contributed by atoms with Gasteiger partial charge in [0.05, 0.1) is 0 Å². The summed E-state index contributed by atoms with van der Waals surface area (Å²) >= 11 is 0. The van der Waals surface area contributed by atoms with Gasteiger partial charge in [-0.3, -0.25) is 4.90 Å². The zero-order valence-corrected chi connectivity index (χ0v) is 11.7. The second-order valence-corrected chi connectivity index (χ2v) is 5.25. The fourth-order valence-corrected chi connectivity index (χ4v) is 2.55. The molecule has 0 aromatic carbocycles. The lowest BCUT2D eigenvalue weighted by molar-refractivity contribution is 0.209. The molecule has 4 nitrogen and oxygen atoms in total. The molecular weight excluding hydrogens is 224 g/mol. The van der Waals surface area contributed by atoms with Crippen LogP contribution in [0, 0.1) is 6.92 Å². The molecule has 2 N–H and O–H groups in total. The molecule has 0 bridgehead atoms. The Hall–Kier alpha value is -1.13. The summed E-state index contributed by atoms with van der Waals surface area (Å²) in [5, 5.41) is 0. The third-order valence-corrected chi connectivity index (χ3v) is 3.82. The predicted octanol–water partition coefficient (Wildman–Crippen LogP) is 1.38. The van der Waals surface area contributed by atoms with E-state index in [1.54, 1.807) is 0 Å². The van der Waals surface area contributed by atoms with Crippen LogP contribution in [0.4, 0.5) is 5.82 Å².